The van der Waals surface area contributed by atoms with E-state index in [2.05, 4.69) is 24.1 Å². The van der Waals surface area contributed by atoms with Crippen LogP contribution in [0.3, 0.4) is 0 Å². The first-order valence-electron chi connectivity index (χ1n) is 6.18. The highest BCUT2D eigenvalue weighted by Crippen LogP contribution is 2.05. The van der Waals surface area contributed by atoms with E-state index in [0.717, 1.165) is 5.56 Å². The summed E-state index contributed by atoms with van der Waals surface area (Å²) in [6, 6.07) is 7.17. The van der Waals surface area contributed by atoms with Gasteiger partial charge in [-0.25, -0.2) is 0 Å². The number of aliphatic hydroxyl groups is 1. The molecule has 0 heterocycles. The van der Waals surface area contributed by atoms with E-state index in [1.807, 2.05) is 18.4 Å². The van der Waals surface area contributed by atoms with Crippen molar-refractivity contribution >= 4 is 17.7 Å². The van der Waals surface area contributed by atoms with Crippen molar-refractivity contribution in [1.29, 1.82) is 0 Å². The maximum absolute atomic E-state index is 11.8. The zero-order valence-corrected chi connectivity index (χ0v) is 12.1. The summed E-state index contributed by atoms with van der Waals surface area (Å²) in [7, 11) is 0. The molecule has 3 nitrogen and oxygen atoms in total. The summed E-state index contributed by atoms with van der Waals surface area (Å²) >= 11 is 1.72. The highest BCUT2D eigenvalue weighted by atomic mass is 32.2. The molecule has 1 rings (SSSR count). The van der Waals surface area contributed by atoms with Crippen LogP contribution < -0.4 is 5.32 Å². The summed E-state index contributed by atoms with van der Waals surface area (Å²) in [4.78, 5) is 11.8. The van der Waals surface area contributed by atoms with Crippen molar-refractivity contribution in [3.63, 3.8) is 0 Å². The van der Waals surface area contributed by atoms with Gasteiger partial charge in [-0.1, -0.05) is 18.8 Å². The summed E-state index contributed by atoms with van der Waals surface area (Å²) in [6.07, 6.45) is 2.49. The molecular weight excluding hydrogens is 258 g/mol. The van der Waals surface area contributed by atoms with Crippen molar-refractivity contribution in [1.82, 2.24) is 5.32 Å². The van der Waals surface area contributed by atoms with Crippen LogP contribution in [0.5, 0.6) is 0 Å². The molecule has 1 aromatic rings. The van der Waals surface area contributed by atoms with E-state index >= 15 is 0 Å². The smallest absolute Gasteiger partial charge is 0.251 e. The number of amides is 1. The lowest BCUT2D eigenvalue weighted by molar-refractivity contribution is 0.0954. The first-order chi connectivity index (χ1) is 9.17. The van der Waals surface area contributed by atoms with Gasteiger partial charge >= 0.3 is 0 Å². The van der Waals surface area contributed by atoms with E-state index in [-0.39, 0.29) is 12.5 Å². The van der Waals surface area contributed by atoms with Crippen LogP contribution in [-0.4, -0.2) is 35.7 Å². The Morgan fingerprint density at radius 2 is 2.11 bits per heavy atom. The van der Waals surface area contributed by atoms with E-state index < -0.39 is 0 Å². The number of carbonyl (C=O) groups excluding carboxylic acids is 1. The third kappa shape index (κ3) is 5.82. The molecule has 0 fully saturated rings. The van der Waals surface area contributed by atoms with Crippen LogP contribution in [0, 0.1) is 11.8 Å². The Morgan fingerprint density at radius 1 is 1.42 bits per heavy atom. The number of rotatable bonds is 5. The molecule has 0 spiro atoms. The molecule has 1 atom stereocenters. The summed E-state index contributed by atoms with van der Waals surface area (Å²) in [5.41, 5.74) is 1.49. The van der Waals surface area contributed by atoms with Crippen molar-refractivity contribution < 1.29 is 9.90 Å². The molecule has 0 aromatic heterocycles. The molecule has 0 aliphatic carbocycles. The lowest BCUT2D eigenvalue weighted by Crippen LogP contribution is -2.29. The van der Waals surface area contributed by atoms with Crippen LogP contribution in [0.4, 0.5) is 0 Å². The molecule has 2 N–H and O–H groups in total. The largest absolute Gasteiger partial charge is 0.395 e. The molecule has 0 saturated carbocycles. The molecule has 0 bridgehead atoms. The van der Waals surface area contributed by atoms with Crippen molar-refractivity contribution in [2.45, 2.75) is 18.6 Å². The molecule has 1 amide bonds. The molecular formula is C15H19NO2S. The van der Waals surface area contributed by atoms with E-state index in [1.54, 1.807) is 23.9 Å². The molecule has 0 aliphatic heterocycles. The first kappa shape index (κ1) is 15.6. The van der Waals surface area contributed by atoms with Crippen LogP contribution in [0.15, 0.2) is 24.3 Å². The van der Waals surface area contributed by atoms with Gasteiger partial charge < -0.3 is 10.4 Å². The summed E-state index contributed by atoms with van der Waals surface area (Å²) in [5.74, 6) is 5.71. The lowest BCUT2D eigenvalue weighted by Gasteiger charge is -2.09. The quantitative estimate of drug-likeness (QED) is 0.808. The third-order valence-electron chi connectivity index (χ3n) is 2.57. The van der Waals surface area contributed by atoms with E-state index in [4.69, 9.17) is 5.11 Å². The van der Waals surface area contributed by atoms with Crippen LogP contribution in [0.1, 0.15) is 29.3 Å². The summed E-state index contributed by atoms with van der Waals surface area (Å²) in [5, 5.41) is 11.9. The minimum absolute atomic E-state index is 0.0595. The van der Waals surface area contributed by atoms with Gasteiger partial charge in [0.1, 0.15) is 0 Å². The molecule has 4 heteroatoms. The molecule has 0 radical (unpaired) electrons. The van der Waals surface area contributed by atoms with Gasteiger partial charge in [0, 0.05) is 29.3 Å². The predicted octanol–water partition coefficient (Wildman–Crippen LogP) is 1.90. The minimum atomic E-state index is -0.0595. The number of hydrogen-bond acceptors (Lipinski definition) is 3. The van der Waals surface area contributed by atoms with E-state index in [1.165, 1.54) is 0 Å². The van der Waals surface area contributed by atoms with Gasteiger partial charge in [0.25, 0.3) is 5.91 Å². The van der Waals surface area contributed by atoms with Gasteiger partial charge in [-0.2, -0.15) is 11.8 Å². The fourth-order valence-electron chi connectivity index (χ4n) is 1.35. The van der Waals surface area contributed by atoms with Crippen LogP contribution in [0.25, 0.3) is 0 Å². The van der Waals surface area contributed by atoms with Gasteiger partial charge in [0.2, 0.25) is 0 Å². The maximum atomic E-state index is 11.8. The Bertz CT molecular complexity index is 459. The average molecular weight is 277 g/mol. The van der Waals surface area contributed by atoms with E-state index in [0.29, 0.717) is 23.8 Å². The van der Waals surface area contributed by atoms with Gasteiger partial charge in [-0.15, -0.1) is 0 Å². The van der Waals surface area contributed by atoms with E-state index in [9.17, 15) is 4.79 Å². The fraction of sp³-hybridized carbons (Fsp3) is 0.400. The molecule has 1 aromatic carbocycles. The molecule has 19 heavy (non-hydrogen) atoms. The second-order valence-corrected chi connectivity index (χ2v) is 5.39. The monoisotopic (exact) mass is 277 g/mol. The minimum Gasteiger partial charge on any atom is -0.395 e. The van der Waals surface area contributed by atoms with Crippen molar-refractivity contribution in [3.05, 3.63) is 35.4 Å². The standard InChI is InChI=1S/C15H19NO2S/c1-12(19-2)11-16-15(18)14-8-6-13(7-9-14)5-3-4-10-17/h6-9,12,17H,4,10-11H2,1-2H3,(H,16,18). The SMILES string of the molecule is CSC(C)CNC(=O)c1ccc(C#CCCO)cc1. The predicted molar refractivity (Wildman–Crippen MR) is 80.3 cm³/mol. The normalized spacial score (nSPS) is 11.3. The highest BCUT2D eigenvalue weighted by molar-refractivity contribution is 7.99. The number of aliphatic hydroxyl groups excluding tert-OH is 1. The number of carbonyl (C=O) groups is 1. The first-order valence-corrected chi connectivity index (χ1v) is 7.47. The molecule has 1 unspecified atom stereocenters. The number of thioether (sulfide) groups is 1. The zero-order chi connectivity index (χ0) is 14.1. The lowest BCUT2D eigenvalue weighted by atomic mass is 10.1. The second-order valence-electron chi connectivity index (χ2n) is 4.11. The van der Waals surface area contributed by atoms with Crippen molar-refractivity contribution in [2.24, 2.45) is 0 Å². The average Bonchev–Trinajstić information content (AvgIpc) is 2.45. The number of nitrogens with one attached hydrogen (secondary N) is 1. The van der Waals surface area contributed by atoms with Crippen LogP contribution in [-0.2, 0) is 0 Å². The summed E-state index contributed by atoms with van der Waals surface area (Å²) < 4.78 is 0. The number of hydrogen-bond donors (Lipinski definition) is 2. The Hall–Kier alpha value is -1.44. The Balaban J connectivity index is 2.56. The van der Waals surface area contributed by atoms with Crippen LogP contribution >= 0.6 is 11.8 Å². The van der Waals surface area contributed by atoms with Gasteiger partial charge in [0.15, 0.2) is 0 Å². The van der Waals surface area contributed by atoms with Crippen molar-refractivity contribution in [2.75, 3.05) is 19.4 Å². The molecule has 0 aliphatic rings. The number of benzene rings is 1. The van der Waals surface area contributed by atoms with Crippen molar-refractivity contribution in [3.8, 4) is 11.8 Å². The van der Waals surface area contributed by atoms with Crippen LogP contribution in [0.2, 0.25) is 0 Å². The Morgan fingerprint density at radius 3 is 2.68 bits per heavy atom. The molecule has 0 saturated heterocycles. The molecule has 102 valence electrons. The zero-order valence-electron chi connectivity index (χ0n) is 11.3. The fourth-order valence-corrected chi connectivity index (χ4v) is 1.60. The highest BCUT2D eigenvalue weighted by Gasteiger charge is 2.06. The van der Waals surface area contributed by atoms with Gasteiger partial charge in [-0.05, 0) is 30.5 Å². The second kappa shape index (κ2) is 8.63. The third-order valence-corrected chi connectivity index (χ3v) is 3.54. The topological polar surface area (TPSA) is 49.3 Å². The maximum Gasteiger partial charge on any atom is 0.251 e. The summed E-state index contributed by atoms with van der Waals surface area (Å²) in [6.45, 7) is 2.81. The Kier molecular flexibility index (Phi) is 7.09. The van der Waals surface area contributed by atoms with Gasteiger partial charge in [-0.3, -0.25) is 4.79 Å². The Labute approximate surface area is 118 Å². The van der Waals surface area contributed by atoms with Gasteiger partial charge in [0.05, 0.1) is 6.61 Å².